The Bertz CT molecular complexity index is 1010. The van der Waals surface area contributed by atoms with Crippen molar-refractivity contribution in [1.29, 1.82) is 0 Å². The number of hydrogen-bond donors (Lipinski definition) is 4. The van der Waals surface area contributed by atoms with Gasteiger partial charge in [0.25, 0.3) is 5.69 Å². The van der Waals surface area contributed by atoms with Crippen LogP contribution in [0.1, 0.15) is 22.0 Å². The minimum atomic E-state index is -5.49. The molecule has 12 heteroatoms. The lowest BCUT2D eigenvalue weighted by molar-refractivity contribution is -0.385. The van der Waals surface area contributed by atoms with E-state index in [4.69, 9.17) is 0 Å². The molecule has 1 heterocycles. The van der Waals surface area contributed by atoms with Crippen LogP contribution in [0.3, 0.4) is 0 Å². The Hall–Kier alpha value is -3.67. The van der Waals surface area contributed by atoms with Crippen molar-refractivity contribution >= 4 is 17.5 Å². The Morgan fingerprint density at radius 2 is 1.80 bits per heavy atom. The monoisotopic (exact) mass is 425 g/mol. The van der Waals surface area contributed by atoms with E-state index in [1.165, 1.54) is 35.6 Å². The molecule has 0 radical (unpaired) electrons. The van der Waals surface area contributed by atoms with E-state index in [9.17, 15) is 43.1 Å². The number of nitro benzene ring substituents is 1. The molecule has 2 aromatic rings. The number of amides is 2. The predicted octanol–water partition coefficient (Wildman–Crippen LogP) is 2.40. The highest BCUT2D eigenvalue weighted by Gasteiger charge is 2.66. The topological polar surface area (TPSA) is 142 Å². The molecule has 0 aliphatic carbocycles. The minimum absolute atomic E-state index is 0.210. The van der Waals surface area contributed by atoms with Gasteiger partial charge in [0.05, 0.1) is 11.0 Å². The average molecular weight is 425 g/mol. The van der Waals surface area contributed by atoms with Crippen LogP contribution in [0.4, 0.5) is 23.7 Å². The number of nitro groups is 1. The summed E-state index contributed by atoms with van der Waals surface area (Å²) < 4.78 is 41.4. The van der Waals surface area contributed by atoms with Gasteiger partial charge in [-0.25, -0.2) is 4.79 Å². The summed E-state index contributed by atoms with van der Waals surface area (Å²) in [4.78, 5) is 35.1. The summed E-state index contributed by atoms with van der Waals surface area (Å²) in [5, 5.41) is 35.0. The van der Waals surface area contributed by atoms with Crippen molar-refractivity contribution in [3.63, 3.8) is 0 Å². The number of nitrogens with zero attached hydrogens (tertiary/aromatic N) is 1. The van der Waals surface area contributed by atoms with E-state index in [2.05, 4.69) is 5.32 Å². The van der Waals surface area contributed by atoms with Gasteiger partial charge in [0, 0.05) is 23.3 Å². The SMILES string of the molecule is O=C1N[C@H](c2cc([N+](=O)[O-])ccc2O)[C@@H](C(=O)c2ccccc2)[C@@](O)(C(F)(F)F)N1. The zero-order valence-electron chi connectivity index (χ0n) is 14.9. The first-order valence-electron chi connectivity index (χ1n) is 8.40. The zero-order chi connectivity index (χ0) is 22.3. The van der Waals surface area contributed by atoms with Crippen LogP contribution < -0.4 is 10.6 Å². The van der Waals surface area contributed by atoms with Gasteiger partial charge in [-0.1, -0.05) is 30.3 Å². The standard InChI is InChI=1S/C18H14F3N3O6/c19-18(20,21)17(28)13(15(26)9-4-2-1-3-5-9)14(22-16(27)23-17)11-8-10(24(29)30)6-7-12(11)25/h1-8,13-14,25,28H,(H2,22,23,27)/t13-,14+,17+/m0/s1. The second-order valence-corrected chi connectivity index (χ2v) is 6.55. The molecule has 1 aliphatic heterocycles. The lowest BCUT2D eigenvalue weighted by atomic mass is 9.77. The number of alkyl halides is 3. The number of carbonyl (C=O) groups is 2. The van der Waals surface area contributed by atoms with Gasteiger partial charge in [-0.2, -0.15) is 13.2 Å². The highest BCUT2D eigenvalue weighted by molar-refractivity contribution is 6.00. The number of benzene rings is 2. The molecule has 3 atom stereocenters. The number of non-ortho nitro benzene ring substituents is 1. The lowest BCUT2D eigenvalue weighted by Crippen LogP contribution is -2.72. The fraction of sp³-hybridized carbons (Fsp3) is 0.222. The third-order valence-corrected chi connectivity index (χ3v) is 4.70. The summed E-state index contributed by atoms with van der Waals surface area (Å²) in [5.41, 5.74) is -5.35. The second kappa shape index (κ2) is 7.30. The summed E-state index contributed by atoms with van der Waals surface area (Å²) in [7, 11) is 0. The number of urea groups is 1. The van der Waals surface area contributed by atoms with Crippen molar-refractivity contribution in [2.45, 2.75) is 17.9 Å². The first-order valence-corrected chi connectivity index (χ1v) is 8.40. The van der Waals surface area contributed by atoms with E-state index in [1.807, 2.05) is 0 Å². The molecule has 0 unspecified atom stereocenters. The average Bonchev–Trinajstić information content (AvgIpc) is 2.67. The van der Waals surface area contributed by atoms with Crippen molar-refractivity contribution < 1.29 is 37.9 Å². The number of aromatic hydroxyl groups is 1. The molecule has 9 nitrogen and oxygen atoms in total. The maximum absolute atomic E-state index is 13.8. The van der Waals surface area contributed by atoms with Crippen molar-refractivity contribution in [2.75, 3.05) is 0 Å². The molecule has 3 rings (SSSR count). The number of carbonyl (C=O) groups excluding carboxylic acids is 2. The van der Waals surface area contributed by atoms with E-state index in [1.54, 1.807) is 0 Å². The molecular formula is C18H14F3N3O6. The number of ketones is 1. The number of nitrogens with one attached hydrogen (secondary N) is 2. The van der Waals surface area contributed by atoms with E-state index < -0.39 is 57.6 Å². The zero-order valence-corrected chi connectivity index (χ0v) is 14.9. The van der Waals surface area contributed by atoms with Gasteiger partial charge in [-0.05, 0) is 6.07 Å². The van der Waals surface area contributed by atoms with Crippen LogP contribution in [0, 0.1) is 16.0 Å². The molecule has 0 aromatic heterocycles. The molecule has 0 bridgehead atoms. The second-order valence-electron chi connectivity index (χ2n) is 6.55. The van der Waals surface area contributed by atoms with Gasteiger partial charge in [-0.15, -0.1) is 0 Å². The minimum Gasteiger partial charge on any atom is -0.508 e. The number of halogens is 3. The lowest BCUT2D eigenvalue weighted by Gasteiger charge is -2.45. The highest BCUT2D eigenvalue weighted by Crippen LogP contribution is 2.46. The summed E-state index contributed by atoms with van der Waals surface area (Å²) in [5.74, 6) is -4.33. The quantitative estimate of drug-likeness (QED) is 0.337. The first kappa shape index (κ1) is 21.0. The Kier molecular flexibility index (Phi) is 5.12. The number of Topliss-reactive ketones (excluding diaryl/α,β-unsaturated/α-hetero) is 1. The third kappa shape index (κ3) is 3.52. The van der Waals surface area contributed by atoms with Gasteiger partial charge in [-0.3, -0.25) is 14.9 Å². The largest absolute Gasteiger partial charge is 0.508 e. The third-order valence-electron chi connectivity index (χ3n) is 4.70. The molecule has 1 aliphatic rings. The van der Waals surface area contributed by atoms with E-state index in [0.717, 1.165) is 18.2 Å². The highest BCUT2D eigenvalue weighted by atomic mass is 19.4. The number of aliphatic hydroxyl groups is 1. The van der Waals surface area contributed by atoms with Crippen LogP contribution in [-0.2, 0) is 0 Å². The molecule has 1 saturated heterocycles. The number of phenolic OH excluding ortho intramolecular Hbond substituents is 1. The summed E-state index contributed by atoms with van der Waals surface area (Å²) in [6.45, 7) is 0. The summed E-state index contributed by atoms with van der Waals surface area (Å²) >= 11 is 0. The molecule has 0 saturated carbocycles. The molecule has 30 heavy (non-hydrogen) atoms. The molecule has 2 amide bonds. The van der Waals surface area contributed by atoms with E-state index in [-0.39, 0.29) is 5.56 Å². The number of rotatable bonds is 4. The molecule has 0 spiro atoms. The maximum atomic E-state index is 13.8. The molecular weight excluding hydrogens is 411 g/mol. The van der Waals surface area contributed by atoms with Crippen molar-refractivity contribution in [2.24, 2.45) is 5.92 Å². The van der Waals surface area contributed by atoms with Crippen LogP contribution in [0.2, 0.25) is 0 Å². The van der Waals surface area contributed by atoms with Crippen LogP contribution >= 0.6 is 0 Å². The van der Waals surface area contributed by atoms with Crippen molar-refractivity contribution in [1.82, 2.24) is 10.6 Å². The molecule has 158 valence electrons. The van der Waals surface area contributed by atoms with Gasteiger partial charge >= 0.3 is 12.2 Å². The van der Waals surface area contributed by atoms with Crippen LogP contribution in [0.25, 0.3) is 0 Å². The van der Waals surface area contributed by atoms with E-state index in [0.29, 0.717) is 0 Å². The Morgan fingerprint density at radius 1 is 1.17 bits per heavy atom. The van der Waals surface area contributed by atoms with Gasteiger partial charge in [0.15, 0.2) is 5.78 Å². The normalized spacial score (nSPS) is 23.9. The number of hydrogen-bond acceptors (Lipinski definition) is 6. The summed E-state index contributed by atoms with van der Waals surface area (Å²) in [6.07, 6.45) is -5.49. The molecule has 1 fully saturated rings. The first-order chi connectivity index (χ1) is 14.0. The predicted molar refractivity (Wildman–Crippen MR) is 94.4 cm³/mol. The van der Waals surface area contributed by atoms with Crippen LogP contribution in [0.5, 0.6) is 5.75 Å². The maximum Gasteiger partial charge on any atom is 0.437 e. The van der Waals surface area contributed by atoms with Gasteiger partial charge in [0.2, 0.25) is 5.72 Å². The Labute approximate surface area is 166 Å². The number of phenols is 1. The van der Waals surface area contributed by atoms with Crippen molar-refractivity contribution in [3.8, 4) is 5.75 Å². The Morgan fingerprint density at radius 3 is 2.37 bits per heavy atom. The van der Waals surface area contributed by atoms with Gasteiger partial charge < -0.3 is 20.8 Å². The van der Waals surface area contributed by atoms with Crippen molar-refractivity contribution in [3.05, 3.63) is 69.8 Å². The Balaban J connectivity index is 2.23. The van der Waals surface area contributed by atoms with Gasteiger partial charge in [0.1, 0.15) is 11.7 Å². The summed E-state index contributed by atoms with van der Waals surface area (Å²) in [6, 6.07) is 5.75. The molecule has 4 N–H and O–H groups in total. The molecule has 2 aromatic carbocycles. The fourth-order valence-corrected chi connectivity index (χ4v) is 3.28. The van der Waals surface area contributed by atoms with E-state index >= 15 is 0 Å². The van der Waals surface area contributed by atoms with Crippen LogP contribution in [0.15, 0.2) is 48.5 Å². The smallest absolute Gasteiger partial charge is 0.437 e. The fourth-order valence-electron chi connectivity index (χ4n) is 3.28. The van der Waals surface area contributed by atoms with Crippen LogP contribution in [-0.4, -0.2) is 38.9 Å².